The van der Waals surface area contributed by atoms with E-state index in [1.54, 1.807) is 0 Å². The Kier molecular flexibility index (Phi) is 6.17. The minimum Gasteiger partial charge on any atom is -0.391 e. The first-order chi connectivity index (χ1) is 10.1. The second-order valence-corrected chi connectivity index (χ2v) is 5.50. The van der Waals surface area contributed by atoms with Crippen molar-refractivity contribution < 1.29 is 14.6 Å². The first-order valence-corrected chi connectivity index (χ1v) is 7.46. The van der Waals surface area contributed by atoms with E-state index in [1.807, 2.05) is 37.3 Å². The molecule has 2 atom stereocenters. The third-order valence-electron chi connectivity index (χ3n) is 3.72. The van der Waals surface area contributed by atoms with Crippen LogP contribution in [0.3, 0.4) is 0 Å². The normalized spacial score (nSPS) is 19.0. The minimum atomic E-state index is -0.582. The summed E-state index contributed by atoms with van der Waals surface area (Å²) in [5.41, 5.74) is 1.07. The Morgan fingerprint density at radius 1 is 1.33 bits per heavy atom. The average molecular weight is 292 g/mol. The van der Waals surface area contributed by atoms with Crippen LogP contribution in [0.25, 0.3) is 0 Å². The Labute approximate surface area is 125 Å². The van der Waals surface area contributed by atoms with E-state index in [0.29, 0.717) is 26.2 Å². The summed E-state index contributed by atoms with van der Waals surface area (Å²) in [6.45, 7) is 5.14. The molecule has 1 fully saturated rings. The molecule has 0 saturated carbocycles. The van der Waals surface area contributed by atoms with Crippen LogP contribution in [0.1, 0.15) is 12.5 Å². The molecule has 0 bridgehead atoms. The fraction of sp³-hybridized carbons (Fsp3) is 0.562. The Bertz CT molecular complexity index is 432. The van der Waals surface area contributed by atoms with Crippen molar-refractivity contribution in [2.24, 2.45) is 0 Å². The number of aliphatic hydroxyl groups excluding tert-OH is 1. The molecule has 1 aliphatic rings. The van der Waals surface area contributed by atoms with Gasteiger partial charge in [0.1, 0.15) is 0 Å². The van der Waals surface area contributed by atoms with Crippen molar-refractivity contribution >= 4 is 5.91 Å². The smallest absolute Gasteiger partial charge is 0.234 e. The summed E-state index contributed by atoms with van der Waals surface area (Å²) in [4.78, 5) is 14.0. The first kappa shape index (κ1) is 15.9. The van der Waals surface area contributed by atoms with Gasteiger partial charge in [-0.2, -0.15) is 0 Å². The number of carbonyl (C=O) groups is 1. The molecular formula is C16H24N2O3. The van der Waals surface area contributed by atoms with Crippen LogP contribution < -0.4 is 5.32 Å². The number of morpholine rings is 1. The Morgan fingerprint density at radius 3 is 2.67 bits per heavy atom. The van der Waals surface area contributed by atoms with Crippen molar-refractivity contribution in [3.05, 3.63) is 35.9 Å². The number of hydrogen-bond donors (Lipinski definition) is 2. The van der Waals surface area contributed by atoms with Gasteiger partial charge in [-0.1, -0.05) is 30.3 Å². The molecule has 0 spiro atoms. The van der Waals surface area contributed by atoms with Gasteiger partial charge in [0, 0.05) is 19.5 Å². The molecule has 0 radical (unpaired) electrons. The largest absolute Gasteiger partial charge is 0.391 e. The van der Waals surface area contributed by atoms with E-state index in [2.05, 4.69) is 10.2 Å². The molecular weight excluding hydrogens is 268 g/mol. The van der Waals surface area contributed by atoms with Gasteiger partial charge in [0.15, 0.2) is 0 Å². The predicted octanol–water partition coefficient (Wildman–Crippen LogP) is 0.427. The van der Waals surface area contributed by atoms with Crippen LogP contribution in [-0.4, -0.2) is 60.9 Å². The summed E-state index contributed by atoms with van der Waals surface area (Å²) >= 11 is 0. The summed E-state index contributed by atoms with van der Waals surface area (Å²) in [5, 5.41) is 13.1. The number of aliphatic hydroxyl groups is 1. The highest BCUT2D eigenvalue weighted by Crippen LogP contribution is 2.06. The maximum absolute atomic E-state index is 12.0. The summed E-state index contributed by atoms with van der Waals surface area (Å²) in [7, 11) is 0. The monoisotopic (exact) mass is 292 g/mol. The van der Waals surface area contributed by atoms with E-state index in [0.717, 1.165) is 18.7 Å². The zero-order valence-corrected chi connectivity index (χ0v) is 12.5. The highest BCUT2D eigenvalue weighted by molar-refractivity contribution is 5.78. The number of benzene rings is 1. The van der Waals surface area contributed by atoms with Crippen LogP contribution >= 0.6 is 0 Å². The molecule has 116 valence electrons. The van der Waals surface area contributed by atoms with Gasteiger partial charge >= 0.3 is 0 Å². The van der Waals surface area contributed by atoms with Crippen molar-refractivity contribution in [1.29, 1.82) is 0 Å². The van der Waals surface area contributed by atoms with E-state index in [-0.39, 0.29) is 11.9 Å². The molecule has 1 saturated heterocycles. The van der Waals surface area contributed by atoms with Crippen LogP contribution in [-0.2, 0) is 16.0 Å². The van der Waals surface area contributed by atoms with Gasteiger partial charge in [0.05, 0.1) is 31.9 Å². The molecule has 1 aliphatic heterocycles. The van der Waals surface area contributed by atoms with Crippen molar-refractivity contribution in [3.63, 3.8) is 0 Å². The summed E-state index contributed by atoms with van der Waals surface area (Å²) in [6, 6.07) is 9.53. The van der Waals surface area contributed by atoms with Crippen LogP contribution in [0, 0.1) is 0 Å². The fourth-order valence-electron chi connectivity index (χ4n) is 2.39. The number of amides is 1. The number of nitrogens with one attached hydrogen (secondary N) is 1. The van der Waals surface area contributed by atoms with Crippen molar-refractivity contribution in [2.45, 2.75) is 25.5 Å². The van der Waals surface area contributed by atoms with Gasteiger partial charge < -0.3 is 15.2 Å². The van der Waals surface area contributed by atoms with Gasteiger partial charge in [-0.25, -0.2) is 0 Å². The maximum atomic E-state index is 12.0. The van der Waals surface area contributed by atoms with Crippen molar-refractivity contribution in [1.82, 2.24) is 10.2 Å². The zero-order chi connectivity index (χ0) is 15.1. The lowest BCUT2D eigenvalue weighted by molar-refractivity contribution is -0.124. The number of rotatable bonds is 6. The summed E-state index contributed by atoms with van der Waals surface area (Å²) < 4.78 is 5.25. The lowest BCUT2D eigenvalue weighted by Gasteiger charge is -2.27. The van der Waals surface area contributed by atoms with Gasteiger partial charge in [0.25, 0.3) is 0 Å². The van der Waals surface area contributed by atoms with E-state index in [4.69, 9.17) is 4.74 Å². The number of carbonyl (C=O) groups excluding carboxylic acids is 1. The van der Waals surface area contributed by atoms with Crippen LogP contribution in [0.15, 0.2) is 30.3 Å². The predicted molar refractivity (Wildman–Crippen MR) is 81.0 cm³/mol. The van der Waals surface area contributed by atoms with Gasteiger partial charge in [0.2, 0.25) is 5.91 Å². The minimum absolute atomic E-state index is 0.0449. The van der Waals surface area contributed by atoms with Crippen molar-refractivity contribution in [2.75, 3.05) is 32.8 Å². The molecule has 5 heteroatoms. The molecule has 5 nitrogen and oxygen atoms in total. The second kappa shape index (κ2) is 8.12. The molecule has 1 amide bonds. The third-order valence-corrected chi connectivity index (χ3v) is 3.72. The third kappa shape index (κ3) is 5.46. The molecule has 1 aromatic carbocycles. The van der Waals surface area contributed by atoms with Crippen LogP contribution in [0.2, 0.25) is 0 Å². The van der Waals surface area contributed by atoms with E-state index >= 15 is 0 Å². The van der Waals surface area contributed by atoms with E-state index in [1.165, 1.54) is 0 Å². The first-order valence-electron chi connectivity index (χ1n) is 7.46. The van der Waals surface area contributed by atoms with Crippen LogP contribution in [0.5, 0.6) is 0 Å². The Morgan fingerprint density at radius 2 is 2.00 bits per heavy atom. The fourth-order valence-corrected chi connectivity index (χ4v) is 2.39. The number of ether oxygens (including phenoxy) is 1. The molecule has 21 heavy (non-hydrogen) atoms. The highest BCUT2D eigenvalue weighted by atomic mass is 16.5. The zero-order valence-electron chi connectivity index (χ0n) is 12.5. The van der Waals surface area contributed by atoms with E-state index in [9.17, 15) is 9.90 Å². The van der Waals surface area contributed by atoms with Gasteiger partial charge in [-0.15, -0.1) is 0 Å². The maximum Gasteiger partial charge on any atom is 0.234 e. The van der Waals surface area contributed by atoms with Crippen LogP contribution in [0.4, 0.5) is 0 Å². The molecule has 1 heterocycles. The highest BCUT2D eigenvalue weighted by Gasteiger charge is 2.19. The topological polar surface area (TPSA) is 61.8 Å². The molecule has 2 rings (SSSR count). The van der Waals surface area contributed by atoms with E-state index < -0.39 is 6.10 Å². The Hall–Kier alpha value is -1.43. The molecule has 0 aromatic heterocycles. The number of nitrogens with zero attached hydrogens (tertiary/aromatic N) is 1. The quantitative estimate of drug-likeness (QED) is 0.798. The Balaban J connectivity index is 1.74. The SMILES string of the molecule is CC(NC(=O)CN1CCOCC1)C(O)Cc1ccccc1. The number of hydrogen-bond acceptors (Lipinski definition) is 4. The summed E-state index contributed by atoms with van der Waals surface area (Å²) in [5.74, 6) is -0.0449. The van der Waals surface area contributed by atoms with Gasteiger partial charge in [-0.3, -0.25) is 9.69 Å². The second-order valence-electron chi connectivity index (χ2n) is 5.50. The molecule has 1 aromatic rings. The lowest BCUT2D eigenvalue weighted by Crippen LogP contribution is -2.48. The lowest BCUT2D eigenvalue weighted by atomic mass is 10.0. The standard InChI is InChI=1S/C16H24N2O3/c1-13(15(19)11-14-5-3-2-4-6-14)17-16(20)12-18-7-9-21-10-8-18/h2-6,13,15,19H,7-12H2,1H3,(H,17,20). The molecule has 2 N–H and O–H groups in total. The van der Waals surface area contributed by atoms with Gasteiger partial charge in [-0.05, 0) is 12.5 Å². The molecule has 2 unspecified atom stereocenters. The average Bonchev–Trinajstić information content (AvgIpc) is 2.49. The summed E-state index contributed by atoms with van der Waals surface area (Å²) in [6.07, 6.45) is -0.0409. The van der Waals surface area contributed by atoms with Crippen molar-refractivity contribution in [3.8, 4) is 0 Å². The molecule has 0 aliphatic carbocycles.